The van der Waals surface area contributed by atoms with Gasteiger partial charge < -0.3 is 14.5 Å². The van der Waals surface area contributed by atoms with Crippen molar-refractivity contribution in [1.82, 2.24) is 10.6 Å². The van der Waals surface area contributed by atoms with E-state index in [1.165, 1.54) is 24.8 Å². The molecule has 0 bridgehead atoms. The molecule has 120 valence electrons. The lowest BCUT2D eigenvalue weighted by Gasteiger charge is -2.29. The Labute approximate surface area is 128 Å². The zero-order chi connectivity index (χ0) is 15.9. The van der Waals surface area contributed by atoms with E-state index in [2.05, 4.69) is 17.6 Å². The smallest absolute Gasteiger partial charge is 0.374 e. The van der Waals surface area contributed by atoms with E-state index >= 15 is 0 Å². The summed E-state index contributed by atoms with van der Waals surface area (Å²) in [5, 5.41) is 4.94. The molecule has 1 aromatic heterocycles. The van der Waals surface area contributed by atoms with Gasteiger partial charge in [0, 0.05) is 6.04 Å². The van der Waals surface area contributed by atoms with E-state index in [0.29, 0.717) is 5.92 Å². The van der Waals surface area contributed by atoms with Crippen molar-refractivity contribution in [3.8, 4) is 0 Å². The molecule has 22 heavy (non-hydrogen) atoms. The number of ether oxygens (including phenoxy) is 1. The first-order chi connectivity index (χ1) is 10.6. The number of carbonyl (C=O) groups excluding carboxylic acids is 3. The van der Waals surface area contributed by atoms with Gasteiger partial charge in [0.15, 0.2) is 6.61 Å². The Morgan fingerprint density at radius 1 is 1.32 bits per heavy atom. The molecule has 1 aromatic rings. The standard InChI is InChI=1S/C15H20N2O5/c1-10-5-2-3-6-11(10)16-15(20)17-13(18)9-22-14(19)12-7-4-8-21-12/h4,7-8,10-11H,2-3,5-6,9H2,1H3,(H2,16,17,18,20)/t10-,11-/m0/s1. The van der Waals surface area contributed by atoms with Crippen molar-refractivity contribution in [3.63, 3.8) is 0 Å². The summed E-state index contributed by atoms with van der Waals surface area (Å²) in [7, 11) is 0. The third kappa shape index (κ3) is 4.61. The fraction of sp³-hybridized carbons (Fsp3) is 0.533. The van der Waals surface area contributed by atoms with Gasteiger partial charge >= 0.3 is 12.0 Å². The Bertz CT molecular complexity index is 526. The van der Waals surface area contributed by atoms with Gasteiger partial charge in [0.2, 0.25) is 5.76 Å². The van der Waals surface area contributed by atoms with Crippen LogP contribution in [0.2, 0.25) is 0 Å². The molecule has 0 aliphatic heterocycles. The van der Waals surface area contributed by atoms with Gasteiger partial charge in [-0.2, -0.15) is 0 Å². The number of hydrogen-bond acceptors (Lipinski definition) is 5. The van der Waals surface area contributed by atoms with E-state index in [1.807, 2.05) is 0 Å². The highest BCUT2D eigenvalue weighted by Gasteiger charge is 2.23. The van der Waals surface area contributed by atoms with Crippen molar-refractivity contribution in [2.45, 2.75) is 38.6 Å². The number of rotatable bonds is 4. The molecule has 2 atom stereocenters. The van der Waals surface area contributed by atoms with Crippen LogP contribution in [0.4, 0.5) is 4.79 Å². The van der Waals surface area contributed by atoms with Crippen molar-refractivity contribution in [1.29, 1.82) is 0 Å². The third-order valence-corrected chi connectivity index (χ3v) is 3.74. The molecule has 7 heteroatoms. The SMILES string of the molecule is C[C@H]1CCCC[C@@H]1NC(=O)NC(=O)COC(=O)c1ccco1. The second-order valence-electron chi connectivity index (χ2n) is 5.44. The fourth-order valence-electron chi connectivity index (χ4n) is 2.49. The van der Waals surface area contributed by atoms with Crippen LogP contribution in [0.1, 0.15) is 43.2 Å². The molecule has 0 saturated heterocycles. The average Bonchev–Trinajstić information content (AvgIpc) is 3.01. The van der Waals surface area contributed by atoms with Crippen LogP contribution in [0, 0.1) is 5.92 Å². The Kier molecular flexibility index (Phi) is 5.57. The Morgan fingerprint density at radius 3 is 2.77 bits per heavy atom. The maximum Gasteiger partial charge on any atom is 0.374 e. The van der Waals surface area contributed by atoms with Gasteiger partial charge in [-0.05, 0) is 30.9 Å². The molecule has 2 N–H and O–H groups in total. The van der Waals surface area contributed by atoms with Crippen molar-refractivity contribution in [2.24, 2.45) is 5.92 Å². The maximum atomic E-state index is 11.7. The highest BCUT2D eigenvalue weighted by Crippen LogP contribution is 2.23. The van der Waals surface area contributed by atoms with E-state index in [4.69, 9.17) is 9.15 Å². The zero-order valence-corrected chi connectivity index (χ0v) is 12.5. The lowest BCUT2D eigenvalue weighted by atomic mass is 9.86. The number of nitrogens with one attached hydrogen (secondary N) is 2. The predicted octanol–water partition coefficient (Wildman–Crippen LogP) is 1.84. The summed E-state index contributed by atoms with van der Waals surface area (Å²) in [5.41, 5.74) is 0. The van der Waals surface area contributed by atoms with E-state index in [1.54, 1.807) is 0 Å². The normalized spacial score (nSPS) is 21.0. The molecule has 7 nitrogen and oxygen atoms in total. The Balaban J connectivity index is 1.70. The second-order valence-corrected chi connectivity index (χ2v) is 5.44. The van der Waals surface area contributed by atoms with Crippen LogP contribution < -0.4 is 10.6 Å². The number of hydrogen-bond donors (Lipinski definition) is 2. The molecular formula is C15H20N2O5. The van der Waals surface area contributed by atoms with Crippen molar-refractivity contribution >= 4 is 17.9 Å². The summed E-state index contributed by atoms with van der Waals surface area (Å²) >= 11 is 0. The lowest BCUT2D eigenvalue weighted by Crippen LogP contribution is -2.48. The van der Waals surface area contributed by atoms with Gasteiger partial charge in [-0.25, -0.2) is 9.59 Å². The summed E-state index contributed by atoms with van der Waals surface area (Å²) in [6, 6.07) is 2.48. The number of esters is 1. The second kappa shape index (κ2) is 7.63. The largest absolute Gasteiger partial charge is 0.457 e. The molecule has 1 aliphatic rings. The van der Waals surface area contributed by atoms with Crippen LogP contribution in [-0.2, 0) is 9.53 Å². The number of imide groups is 1. The number of urea groups is 1. The minimum Gasteiger partial charge on any atom is -0.457 e. The maximum absolute atomic E-state index is 11.7. The first-order valence-corrected chi connectivity index (χ1v) is 7.37. The number of carbonyl (C=O) groups is 3. The van der Waals surface area contributed by atoms with Gasteiger partial charge in [-0.15, -0.1) is 0 Å². The lowest BCUT2D eigenvalue weighted by molar-refractivity contribution is -0.123. The summed E-state index contributed by atoms with van der Waals surface area (Å²) in [4.78, 5) is 34.8. The highest BCUT2D eigenvalue weighted by atomic mass is 16.5. The molecule has 2 rings (SSSR count). The van der Waals surface area contributed by atoms with Gasteiger partial charge in [0.25, 0.3) is 5.91 Å². The first kappa shape index (κ1) is 16.1. The molecule has 1 heterocycles. The molecule has 3 amide bonds. The fourth-order valence-corrected chi connectivity index (χ4v) is 2.49. The Morgan fingerprint density at radius 2 is 2.09 bits per heavy atom. The van der Waals surface area contributed by atoms with Crippen LogP contribution in [0.3, 0.4) is 0 Å². The van der Waals surface area contributed by atoms with Crippen molar-refractivity contribution in [3.05, 3.63) is 24.2 Å². The van der Waals surface area contributed by atoms with Gasteiger partial charge in [0.1, 0.15) is 0 Å². The molecule has 0 unspecified atom stereocenters. The molecular weight excluding hydrogens is 288 g/mol. The van der Waals surface area contributed by atoms with Crippen LogP contribution in [-0.4, -0.2) is 30.6 Å². The van der Waals surface area contributed by atoms with Gasteiger partial charge in [-0.3, -0.25) is 10.1 Å². The molecule has 1 saturated carbocycles. The van der Waals surface area contributed by atoms with E-state index in [-0.39, 0.29) is 11.8 Å². The van der Waals surface area contributed by atoms with Crippen molar-refractivity contribution in [2.75, 3.05) is 6.61 Å². The topological polar surface area (TPSA) is 97.6 Å². The van der Waals surface area contributed by atoms with Crippen LogP contribution >= 0.6 is 0 Å². The number of furan rings is 1. The van der Waals surface area contributed by atoms with Crippen LogP contribution in [0.15, 0.2) is 22.8 Å². The van der Waals surface area contributed by atoms with E-state index in [0.717, 1.165) is 19.3 Å². The van der Waals surface area contributed by atoms with Gasteiger partial charge in [-0.1, -0.05) is 19.8 Å². The molecule has 1 fully saturated rings. The summed E-state index contributed by atoms with van der Waals surface area (Å²) in [5.74, 6) is -1.03. The van der Waals surface area contributed by atoms with Crippen LogP contribution in [0.5, 0.6) is 0 Å². The minimum atomic E-state index is -0.749. The predicted molar refractivity (Wildman–Crippen MR) is 77.1 cm³/mol. The zero-order valence-electron chi connectivity index (χ0n) is 12.5. The quantitative estimate of drug-likeness (QED) is 0.827. The summed E-state index contributed by atoms with van der Waals surface area (Å²) in [6.07, 6.45) is 5.55. The molecule has 1 aliphatic carbocycles. The van der Waals surface area contributed by atoms with E-state index in [9.17, 15) is 14.4 Å². The molecule has 0 aromatic carbocycles. The summed E-state index contributed by atoms with van der Waals surface area (Å²) < 4.78 is 9.57. The summed E-state index contributed by atoms with van der Waals surface area (Å²) in [6.45, 7) is 1.55. The first-order valence-electron chi connectivity index (χ1n) is 7.37. The molecule has 0 radical (unpaired) electrons. The Hall–Kier alpha value is -2.31. The third-order valence-electron chi connectivity index (χ3n) is 3.74. The van der Waals surface area contributed by atoms with Crippen molar-refractivity contribution < 1.29 is 23.5 Å². The molecule has 0 spiro atoms. The van der Waals surface area contributed by atoms with Crippen LogP contribution in [0.25, 0.3) is 0 Å². The minimum absolute atomic E-state index is 0.00767. The number of amides is 3. The van der Waals surface area contributed by atoms with Gasteiger partial charge in [0.05, 0.1) is 6.26 Å². The van der Waals surface area contributed by atoms with E-state index < -0.39 is 24.5 Å². The average molecular weight is 308 g/mol. The highest BCUT2D eigenvalue weighted by molar-refractivity contribution is 5.96. The monoisotopic (exact) mass is 308 g/mol.